The van der Waals surface area contributed by atoms with Gasteiger partial charge in [-0.15, -0.1) is 0 Å². The molecule has 3 heteroatoms. The molecule has 1 aliphatic carbocycles. The van der Waals surface area contributed by atoms with Gasteiger partial charge in [0.05, 0.1) is 0 Å². The van der Waals surface area contributed by atoms with E-state index in [1.54, 1.807) is 30.4 Å². The Morgan fingerprint density at radius 3 is 2.67 bits per heavy atom. The van der Waals surface area contributed by atoms with Crippen LogP contribution in [0.4, 0.5) is 4.39 Å². The van der Waals surface area contributed by atoms with Gasteiger partial charge in [0.25, 0.3) is 0 Å². The van der Waals surface area contributed by atoms with Crippen molar-refractivity contribution in [3.8, 4) is 0 Å². The summed E-state index contributed by atoms with van der Waals surface area (Å²) < 4.78 is 13.4. The first-order valence-corrected chi connectivity index (χ1v) is 5.02. The van der Waals surface area contributed by atoms with Crippen LogP contribution >= 0.6 is 11.6 Å². The summed E-state index contributed by atoms with van der Waals surface area (Å²) in [5.74, 6) is -0.270. The lowest BCUT2D eigenvalue weighted by Gasteiger charge is -2.19. The number of aliphatic hydroxyl groups is 1. The van der Waals surface area contributed by atoms with Crippen LogP contribution < -0.4 is 0 Å². The van der Waals surface area contributed by atoms with Gasteiger partial charge in [-0.25, -0.2) is 4.39 Å². The molecule has 0 bridgehead atoms. The van der Waals surface area contributed by atoms with Crippen molar-refractivity contribution in [1.29, 1.82) is 0 Å². The fraction of sp³-hybridized carbons (Fsp3) is 0.167. The predicted octanol–water partition coefficient (Wildman–Crippen LogP) is 3.10. The molecule has 1 nitrogen and oxygen atoms in total. The van der Waals surface area contributed by atoms with Crippen LogP contribution in [-0.2, 0) is 0 Å². The molecule has 0 aliphatic heterocycles. The fourth-order valence-electron chi connectivity index (χ4n) is 1.50. The first-order chi connectivity index (χ1) is 7.08. The number of benzene rings is 1. The second-order valence-electron chi connectivity index (χ2n) is 3.50. The second kappa shape index (κ2) is 3.80. The third kappa shape index (κ3) is 2.28. The summed E-state index contributed by atoms with van der Waals surface area (Å²) in [5.41, 5.74) is 1.28. The van der Waals surface area contributed by atoms with Crippen molar-refractivity contribution < 1.29 is 9.50 Å². The Hall–Kier alpha value is -1.12. The van der Waals surface area contributed by atoms with Crippen molar-refractivity contribution in [2.24, 2.45) is 0 Å². The van der Waals surface area contributed by atoms with E-state index in [0.717, 1.165) is 5.57 Å². The molecule has 1 atom stereocenters. The lowest BCUT2D eigenvalue weighted by atomic mass is 9.98. The summed E-state index contributed by atoms with van der Waals surface area (Å²) in [7, 11) is 0. The molecular weight excluding hydrogens is 215 g/mol. The van der Waals surface area contributed by atoms with Crippen LogP contribution in [0.2, 0.25) is 0 Å². The van der Waals surface area contributed by atoms with Crippen molar-refractivity contribution in [3.05, 3.63) is 53.9 Å². The van der Waals surface area contributed by atoms with Gasteiger partial charge in [-0.3, -0.25) is 0 Å². The summed E-state index contributed by atoms with van der Waals surface area (Å²) in [4.78, 5) is 0. The highest BCUT2D eigenvalue weighted by Gasteiger charge is 2.21. The molecule has 0 saturated carbocycles. The Kier molecular flexibility index (Phi) is 2.63. The molecule has 0 fully saturated rings. The molecule has 0 amide bonds. The minimum atomic E-state index is -1.32. The molecule has 2 rings (SSSR count). The van der Waals surface area contributed by atoms with Gasteiger partial charge in [-0.1, -0.05) is 42.0 Å². The molecule has 1 aromatic carbocycles. The maximum atomic E-state index is 13.4. The zero-order valence-electron chi connectivity index (χ0n) is 7.95. The molecule has 78 valence electrons. The third-order valence-corrected chi connectivity index (χ3v) is 2.59. The topological polar surface area (TPSA) is 20.2 Å². The van der Waals surface area contributed by atoms with Crippen molar-refractivity contribution in [3.63, 3.8) is 0 Å². The summed E-state index contributed by atoms with van der Waals surface area (Å²) in [6.45, 7) is 0. The van der Waals surface area contributed by atoms with Crippen molar-refractivity contribution in [1.82, 2.24) is 0 Å². The van der Waals surface area contributed by atoms with Crippen LogP contribution in [-0.4, -0.2) is 10.2 Å². The Balaban J connectivity index is 2.32. The number of hydrogen-bond donors (Lipinski definition) is 1. The maximum absolute atomic E-state index is 13.4. The summed E-state index contributed by atoms with van der Waals surface area (Å²) in [5, 5.41) is 8.12. The highest BCUT2D eigenvalue weighted by atomic mass is 35.5. The lowest BCUT2D eigenvalue weighted by molar-refractivity contribution is 0.182. The number of halogens is 2. The summed E-state index contributed by atoms with van der Waals surface area (Å²) in [6.07, 6.45) is 5.12. The Bertz CT molecular complexity index is 435. The number of hydrogen-bond acceptors (Lipinski definition) is 1. The number of allylic oxidation sites excluding steroid dienone is 2. The van der Waals surface area contributed by atoms with E-state index in [4.69, 9.17) is 11.6 Å². The average molecular weight is 225 g/mol. The maximum Gasteiger partial charge on any atom is 0.161 e. The van der Waals surface area contributed by atoms with E-state index >= 15 is 0 Å². The molecule has 0 heterocycles. The summed E-state index contributed by atoms with van der Waals surface area (Å²) in [6, 6.07) is 6.52. The van der Waals surface area contributed by atoms with Crippen molar-refractivity contribution in [2.45, 2.75) is 11.5 Å². The molecule has 1 unspecified atom stereocenters. The first-order valence-electron chi connectivity index (χ1n) is 4.64. The van der Waals surface area contributed by atoms with Gasteiger partial charge in [0, 0.05) is 12.0 Å². The second-order valence-corrected chi connectivity index (χ2v) is 4.15. The zero-order valence-corrected chi connectivity index (χ0v) is 8.71. The molecule has 1 N–H and O–H groups in total. The van der Waals surface area contributed by atoms with Crippen LogP contribution in [0.25, 0.3) is 5.57 Å². The predicted molar refractivity (Wildman–Crippen MR) is 58.9 cm³/mol. The first kappa shape index (κ1) is 10.4. The molecule has 1 aliphatic rings. The van der Waals surface area contributed by atoms with Crippen LogP contribution in [0.1, 0.15) is 12.0 Å². The van der Waals surface area contributed by atoms with Gasteiger partial charge in [0.1, 0.15) is 5.82 Å². The Morgan fingerprint density at radius 2 is 2.07 bits per heavy atom. The van der Waals surface area contributed by atoms with Gasteiger partial charge in [-0.2, -0.15) is 0 Å². The zero-order chi connectivity index (χ0) is 10.9. The number of alkyl halides is 1. The van der Waals surface area contributed by atoms with Gasteiger partial charge < -0.3 is 5.11 Å². The van der Waals surface area contributed by atoms with E-state index < -0.39 is 5.06 Å². The van der Waals surface area contributed by atoms with E-state index in [9.17, 15) is 9.50 Å². The highest BCUT2D eigenvalue weighted by Crippen LogP contribution is 2.30. The summed E-state index contributed by atoms with van der Waals surface area (Å²) >= 11 is 5.70. The Morgan fingerprint density at radius 1 is 1.33 bits per heavy atom. The van der Waals surface area contributed by atoms with Crippen LogP contribution in [0.3, 0.4) is 0 Å². The van der Waals surface area contributed by atoms with Crippen LogP contribution in [0.5, 0.6) is 0 Å². The molecule has 0 radical (unpaired) electrons. The lowest BCUT2D eigenvalue weighted by Crippen LogP contribution is -2.17. The highest BCUT2D eigenvalue weighted by molar-refractivity contribution is 6.24. The fourth-order valence-corrected chi connectivity index (χ4v) is 1.64. The third-order valence-electron chi connectivity index (χ3n) is 2.31. The quantitative estimate of drug-likeness (QED) is 0.727. The van der Waals surface area contributed by atoms with Gasteiger partial charge in [0.15, 0.2) is 5.06 Å². The van der Waals surface area contributed by atoms with Crippen molar-refractivity contribution in [2.75, 3.05) is 0 Å². The van der Waals surface area contributed by atoms with E-state index in [0.29, 0.717) is 5.56 Å². The van der Waals surface area contributed by atoms with Crippen LogP contribution in [0.15, 0.2) is 42.5 Å². The molecule has 0 aromatic heterocycles. The van der Waals surface area contributed by atoms with Crippen LogP contribution in [0, 0.1) is 5.82 Å². The standard InChI is InChI=1S/C12H10ClFO/c13-12(15)7-5-9(6-8-12)10-3-1-2-4-11(10)14/h1-7,15H,8H2. The van der Waals surface area contributed by atoms with Gasteiger partial charge in [0.2, 0.25) is 0 Å². The SMILES string of the molecule is OC1(Cl)C=CC(c2ccccc2F)=CC1. The minimum absolute atomic E-state index is 0.270. The number of rotatable bonds is 1. The van der Waals surface area contributed by atoms with Gasteiger partial charge in [-0.05, 0) is 17.7 Å². The molecule has 0 spiro atoms. The minimum Gasteiger partial charge on any atom is -0.371 e. The van der Waals surface area contributed by atoms with E-state index in [2.05, 4.69) is 0 Å². The smallest absolute Gasteiger partial charge is 0.161 e. The Labute approximate surface area is 92.5 Å². The van der Waals surface area contributed by atoms with Crippen molar-refractivity contribution >= 4 is 17.2 Å². The molecule has 0 saturated heterocycles. The van der Waals surface area contributed by atoms with Gasteiger partial charge >= 0.3 is 0 Å². The van der Waals surface area contributed by atoms with E-state index in [1.165, 1.54) is 12.1 Å². The monoisotopic (exact) mass is 224 g/mol. The normalized spacial score (nSPS) is 25.1. The molecular formula is C12H10ClFO. The molecule has 15 heavy (non-hydrogen) atoms. The average Bonchev–Trinajstić information content (AvgIpc) is 2.19. The van der Waals surface area contributed by atoms with E-state index in [1.807, 2.05) is 0 Å². The molecule has 1 aromatic rings. The largest absolute Gasteiger partial charge is 0.371 e. The van der Waals surface area contributed by atoms with E-state index in [-0.39, 0.29) is 12.2 Å².